The van der Waals surface area contributed by atoms with Crippen LogP contribution in [0.25, 0.3) is 0 Å². The summed E-state index contributed by atoms with van der Waals surface area (Å²) < 4.78 is 5.19. The van der Waals surface area contributed by atoms with E-state index in [1.165, 1.54) is 0 Å². The van der Waals surface area contributed by atoms with Crippen molar-refractivity contribution in [3.8, 4) is 0 Å². The van der Waals surface area contributed by atoms with Gasteiger partial charge < -0.3 is 14.3 Å². The van der Waals surface area contributed by atoms with Crippen molar-refractivity contribution in [3.63, 3.8) is 0 Å². The van der Waals surface area contributed by atoms with Crippen molar-refractivity contribution in [3.05, 3.63) is 0 Å². The molecule has 1 fully saturated rings. The smallest absolute Gasteiger partial charge is 0.121 e. The maximum absolute atomic E-state index is 10.4. The molecular formula is C9H15NO3. The molecule has 0 aromatic carbocycles. The van der Waals surface area contributed by atoms with Crippen LogP contribution >= 0.6 is 0 Å². The number of carbonyl (C=O) groups excluding carboxylic acids is 2. The van der Waals surface area contributed by atoms with Crippen molar-refractivity contribution in [2.24, 2.45) is 0 Å². The fourth-order valence-corrected chi connectivity index (χ4v) is 1.56. The van der Waals surface area contributed by atoms with E-state index < -0.39 is 0 Å². The van der Waals surface area contributed by atoms with E-state index in [1.54, 1.807) is 0 Å². The molecule has 1 aliphatic rings. The first-order valence-corrected chi connectivity index (χ1v) is 4.57. The van der Waals surface area contributed by atoms with E-state index in [0.717, 1.165) is 25.7 Å². The number of carbonyl (C=O) groups is 2. The molecule has 13 heavy (non-hydrogen) atoms. The Bertz CT molecular complexity index is 156. The molecule has 74 valence electrons. The highest BCUT2D eigenvalue weighted by Crippen LogP contribution is 2.08. The van der Waals surface area contributed by atoms with E-state index in [2.05, 4.69) is 4.90 Å². The third-order valence-corrected chi connectivity index (χ3v) is 2.30. The lowest BCUT2D eigenvalue weighted by Gasteiger charge is -2.32. The number of hydrogen-bond acceptors (Lipinski definition) is 4. The molecule has 1 saturated heterocycles. The van der Waals surface area contributed by atoms with Gasteiger partial charge in [0.2, 0.25) is 0 Å². The standard InChI is InChI=1S/C9H15NO3/c11-5-1-9(2-6-12)10-3-7-13-8-4-10/h5-6,9H,1-4,7-8H2. The lowest BCUT2D eigenvalue weighted by atomic mass is 10.1. The predicted molar refractivity (Wildman–Crippen MR) is 47.5 cm³/mol. The second-order valence-electron chi connectivity index (χ2n) is 3.11. The zero-order chi connectivity index (χ0) is 9.52. The van der Waals surface area contributed by atoms with Crippen molar-refractivity contribution in [1.29, 1.82) is 0 Å². The summed E-state index contributed by atoms with van der Waals surface area (Å²) in [5, 5.41) is 0. The SMILES string of the molecule is O=CCC(CC=O)N1CCOCC1. The molecule has 4 nitrogen and oxygen atoms in total. The number of ether oxygens (including phenoxy) is 1. The molecular weight excluding hydrogens is 170 g/mol. The van der Waals surface area contributed by atoms with E-state index in [4.69, 9.17) is 4.74 Å². The van der Waals surface area contributed by atoms with Crippen molar-refractivity contribution in [1.82, 2.24) is 4.90 Å². The highest BCUT2D eigenvalue weighted by Gasteiger charge is 2.19. The van der Waals surface area contributed by atoms with Crippen LogP contribution in [0.2, 0.25) is 0 Å². The summed E-state index contributed by atoms with van der Waals surface area (Å²) in [4.78, 5) is 22.9. The molecule has 0 aromatic rings. The molecule has 0 N–H and O–H groups in total. The Labute approximate surface area is 77.8 Å². The van der Waals surface area contributed by atoms with Crippen LogP contribution in [0.5, 0.6) is 0 Å². The molecule has 0 spiro atoms. The van der Waals surface area contributed by atoms with Crippen LogP contribution < -0.4 is 0 Å². The Morgan fingerprint density at radius 2 is 1.69 bits per heavy atom. The van der Waals surface area contributed by atoms with Gasteiger partial charge in [-0.25, -0.2) is 0 Å². The molecule has 4 heteroatoms. The van der Waals surface area contributed by atoms with Crippen molar-refractivity contribution in [2.45, 2.75) is 18.9 Å². The van der Waals surface area contributed by atoms with Crippen LogP contribution in [0, 0.1) is 0 Å². The minimum atomic E-state index is 0.0823. The lowest BCUT2D eigenvalue weighted by Crippen LogP contribution is -2.43. The summed E-state index contributed by atoms with van der Waals surface area (Å²) in [6.45, 7) is 3.06. The van der Waals surface area contributed by atoms with Gasteiger partial charge in [0.1, 0.15) is 12.6 Å². The zero-order valence-corrected chi connectivity index (χ0v) is 7.65. The monoisotopic (exact) mass is 185 g/mol. The second-order valence-corrected chi connectivity index (χ2v) is 3.11. The van der Waals surface area contributed by atoms with Crippen LogP contribution in [0.4, 0.5) is 0 Å². The van der Waals surface area contributed by atoms with E-state index in [9.17, 15) is 9.59 Å². The molecule has 0 aromatic heterocycles. The maximum atomic E-state index is 10.4. The third-order valence-electron chi connectivity index (χ3n) is 2.30. The molecule has 0 unspecified atom stereocenters. The fraction of sp³-hybridized carbons (Fsp3) is 0.778. The summed E-state index contributed by atoms with van der Waals surface area (Å²) in [6, 6.07) is 0.0823. The molecule has 1 aliphatic heterocycles. The van der Waals surface area contributed by atoms with Gasteiger partial charge in [-0.2, -0.15) is 0 Å². The number of morpholine rings is 1. The summed E-state index contributed by atoms with van der Waals surface area (Å²) in [5.74, 6) is 0. The Kier molecular flexibility index (Phi) is 4.64. The summed E-state index contributed by atoms with van der Waals surface area (Å²) in [5.41, 5.74) is 0. The molecule has 0 amide bonds. The van der Waals surface area contributed by atoms with Gasteiger partial charge in [0.05, 0.1) is 13.2 Å². The minimum Gasteiger partial charge on any atom is -0.379 e. The Morgan fingerprint density at radius 3 is 2.15 bits per heavy atom. The zero-order valence-electron chi connectivity index (χ0n) is 7.65. The van der Waals surface area contributed by atoms with Gasteiger partial charge in [-0.1, -0.05) is 0 Å². The predicted octanol–water partition coefficient (Wildman–Crippen LogP) is -0.135. The van der Waals surface area contributed by atoms with Crippen LogP contribution in [0.15, 0.2) is 0 Å². The average Bonchev–Trinajstić information content (AvgIpc) is 2.19. The summed E-state index contributed by atoms with van der Waals surface area (Å²) >= 11 is 0. The highest BCUT2D eigenvalue weighted by atomic mass is 16.5. The van der Waals surface area contributed by atoms with E-state index in [-0.39, 0.29) is 6.04 Å². The molecule has 0 aliphatic carbocycles. The maximum Gasteiger partial charge on any atom is 0.121 e. The number of nitrogens with zero attached hydrogens (tertiary/aromatic N) is 1. The highest BCUT2D eigenvalue weighted by molar-refractivity contribution is 5.55. The third kappa shape index (κ3) is 3.24. The normalized spacial score (nSPS) is 18.8. The largest absolute Gasteiger partial charge is 0.379 e. The van der Waals surface area contributed by atoms with Gasteiger partial charge in [0.25, 0.3) is 0 Å². The van der Waals surface area contributed by atoms with Gasteiger partial charge in [0.15, 0.2) is 0 Å². The Hall–Kier alpha value is -0.740. The van der Waals surface area contributed by atoms with Crippen LogP contribution in [0.1, 0.15) is 12.8 Å². The molecule has 0 atom stereocenters. The topological polar surface area (TPSA) is 46.6 Å². The van der Waals surface area contributed by atoms with Crippen molar-refractivity contribution >= 4 is 12.6 Å². The number of rotatable bonds is 5. The first-order chi connectivity index (χ1) is 6.38. The van der Waals surface area contributed by atoms with Gasteiger partial charge in [-0.05, 0) is 0 Å². The molecule has 0 saturated carbocycles. The van der Waals surface area contributed by atoms with Crippen LogP contribution in [-0.2, 0) is 14.3 Å². The Morgan fingerprint density at radius 1 is 1.15 bits per heavy atom. The van der Waals surface area contributed by atoms with E-state index >= 15 is 0 Å². The minimum absolute atomic E-state index is 0.0823. The fourth-order valence-electron chi connectivity index (χ4n) is 1.56. The van der Waals surface area contributed by atoms with Gasteiger partial charge in [0, 0.05) is 32.0 Å². The molecule has 1 rings (SSSR count). The second kappa shape index (κ2) is 5.83. The molecule has 1 heterocycles. The number of hydrogen-bond donors (Lipinski definition) is 0. The van der Waals surface area contributed by atoms with Gasteiger partial charge >= 0.3 is 0 Å². The van der Waals surface area contributed by atoms with Crippen molar-refractivity contribution in [2.75, 3.05) is 26.3 Å². The van der Waals surface area contributed by atoms with E-state index in [1.807, 2.05) is 0 Å². The van der Waals surface area contributed by atoms with Crippen LogP contribution in [0.3, 0.4) is 0 Å². The van der Waals surface area contributed by atoms with E-state index in [0.29, 0.717) is 26.1 Å². The first-order valence-electron chi connectivity index (χ1n) is 4.57. The van der Waals surface area contributed by atoms with Gasteiger partial charge in [-0.3, -0.25) is 4.90 Å². The van der Waals surface area contributed by atoms with Crippen molar-refractivity contribution < 1.29 is 14.3 Å². The molecule has 0 bridgehead atoms. The first kappa shape index (κ1) is 10.3. The summed E-state index contributed by atoms with van der Waals surface area (Å²) in [7, 11) is 0. The molecule has 0 radical (unpaired) electrons. The average molecular weight is 185 g/mol. The lowest BCUT2D eigenvalue weighted by molar-refractivity contribution is -0.111. The number of aldehydes is 2. The Balaban J connectivity index is 2.40. The van der Waals surface area contributed by atoms with Gasteiger partial charge in [-0.15, -0.1) is 0 Å². The van der Waals surface area contributed by atoms with Crippen LogP contribution in [-0.4, -0.2) is 49.8 Å². The summed E-state index contributed by atoms with van der Waals surface area (Å²) in [6.07, 6.45) is 2.64. The quantitative estimate of drug-likeness (QED) is 0.559.